The van der Waals surface area contributed by atoms with Crippen molar-refractivity contribution in [3.05, 3.63) is 24.3 Å². The minimum Gasteiger partial charge on any atom is -0.497 e. The van der Waals surface area contributed by atoms with Gasteiger partial charge in [-0.3, -0.25) is 9.59 Å². The monoisotopic (exact) mass is 351 g/mol. The molecule has 1 amide bonds. The van der Waals surface area contributed by atoms with Gasteiger partial charge in [0.05, 0.1) is 26.7 Å². The predicted molar refractivity (Wildman–Crippen MR) is 95.8 cm³/mol. The maximum atomic E-state index is 12.4. The first-order valence-corrected chi connectivity index (χ1v) is 8.66. The number of amides is 1. The minimum atomic E-state index is -0.291. The summed E-state index contributed by atoms with van der Waals surface area (Å²) in [6.45, 7) is 7.23. The second-order valence-electron chi connectivity index (χ2n) is 6.06. The number of methoxy groups -OCH3 is 1. The smallest absolute Gasteiger partial charge is 0.307 e. The predicted octanol–water partition coefficient (Wildman–Crippen LogP) is 2.90. The molecule has 0 aliphatic carbocycles. The van der Waals surface area contributed by atoms with Crippen LogP contribution in [0.5, 0.6) is 11.5 Å². The molecule has 0 unspecified atom stereocenters. The molecule has 0 aliphatic rings. The van der Waals surface area contributed by atoms with Crippen LogP contribution in [0.25, 0.3) is 0 Å². The Labute approximate surface area is 150 Å². The van der Waals surface area contributed by atoms with Gasteiger partial charge in [0.25, 0.3) is 0 Å². The highest BCUT2D eigenvalue weighted by Gasteiger charge is 2.16. The zero-order valence-corrected chi connectivity index (χ0v) is 15.6. The maximum absolute atomic E-state index is 12.4. The first-order chi connectivity index (χ1) is 12.0. The first kappa shape index (κ1) is 20.8. The fourth-order valence-electron chi connectivity index (χ4n) is 2.24. The van der Waals surface area contributed by atoms with Gasteiger partial charge in [-0.1, -0.05) is 13.8 Å². The number of carbonyl (C=O) groups is 2. The SMILES string of the molecule is CCOC(=O)CCN(CCOc1ccc(OC)cc1)C(=O)CC(C)C. The zero-order chi connectivity index (χ0) is 18.7. The van der Waals surface area contributed by atoms with Crippen molar-refractivity contribution in [3.8, 4) is 11.5 Å². The standard InChI is InChI=1S/C19H29NO5/c1-5-24-19(22)10-11-20(18(21)14-15(2)3)12-13-25-17-8-6-16(23-4)7-9-17/h6-9,15H,5,10-14H2,1-4H3. The lowest BCUT2D eigenvalue weighted by Crippen LogP contribution is -2.37. The summed E-state index contributed by atoms with van der Waals surface area (Å²) in [7, 11) is 1.61. The first-order valence-electron chi connectivity index (χ1n) is 8.66. The molecule has 0 aliphatic heterocycles. The minimum absolute atomic E-state index is 0.0256. The van der Waals surface area contributed by atoms with Crippen LogP contribution >= 0.6 is 0 Å². The van der Waals surface area contributed by atoms with Gasteiger partial charge in [-0.25, -0.2) is 0 Å². The van der Waals surface area contributed by atoms with Gasteiger partial charge < -0.3 is 19.1 Å². The third-order valence-corrected chi connectivity index (χ3v) is 3.52. The van der Waals surface area contributed by atoms with Crippen molar-refractivity contribution in [3.63, 3.8) is 0 Å². The third kappa shape index (κ3) is 8.42. The molecule has 140 valence electrons. The highest BCUT2D eigenvalue weighted by Crippen LogP contribution is 2.17. The van der Waals surface area contributed by atoms with Gasteiger partial charge in [-0.2, -0.15) is 0 Å². The van der Waals surface area contributed by atoms with Crippen LogP contribution in [-0.4, -0.2) is 50.2 Å². The van der Waals surface area contributed by atoms with E-state index in [2.05, 4.69) is 0 Å². The van der Waals surface area contributed by atoms with Crippen molar-refractivity contribution in [2.45, 2.75) is 33.6 Å². The molecule has 1 aromatic carbocycles. The summed E-state index contributed by atoms with van der Waals surface area (Å²) in [6, 6.07) is 7.27. The number of hydrogen-bond donors (Lipinski definition) is 0. The van der Waals surface area contributed by atoms with Crippen LogP contribution in [0.15, 0.2) is 24.3 Å². The van der Waals surface area contributed by atoms with Crippen molar-refractivity contribution in [2.75, 3.05) is 33.4 Å². The highest BCUT2D eigenvalue weighted by atomic mass is 16.5. The lowest BCUT2D eigenvalue weighted by molar-refractivity contribution is -0.144. The van der Waals surface area contributed by atoms with Crippen LogP contribution in [0, 0.1) is 5.92 Å². The molecule has 0 spiro atoms. The van der Waals surface area contributed by atoms with E-state index < -0.39 is 0 Å². The van der Waals surface area contributed by atoms with Gasteiger partial charge in [0.15, 0.2) is 0 Å². The van der Waals surface area contributed by atoms with Gasteiger partial charge >= 0.3 is 5.97 Å². The molecule has 6 nitrogen and oxygen atoms in total. The largest absolute Gasteiger partial charge is 0.497 e. The summed E-state index contributed by atoms with van der Waals surface area (Å²) in [5.41, 5.74) is 0. The van der Waals surface area contributed by atoms with Crippen LogP contribution in [-0.2, 0) is 14.3 Å². The van der Waals surface area contributed by atoms with Crippen LogP contribution in [0.1, 0.15) is 33.6 Å². The summed E-state index contributed by atoms with van der Waals surface area (Å²) < 4.78 is 15.7. The fraction of sp³-hybridized carbons (Fsp3) is 0.579. The van der Waals surface area contributed by atoms with E-state index in [0.29, 0.717) is 38.5 Å². The van der Waals surface area contributed by atoms with Crippen molar-refractivity contribution in [2.24, 2.45) is 5.92 Å². The van der Waals surface area contributed by atoms with Gasteiger partial charge in [-0.15, -0.1) is 0 Å². The molecule has 0 aromatic heterocycles. The van der Waals surface area contributed by atoms with Crippen LogP contribution in [0.2, 0.25) is 0 Å². The third-order valence-electron chi connectivity index (χ3n) is 3.52. The molecular formula is C19H29NO5. The molecule has 0 N–H and O–H groups in total. The Bertz CT molecular complexity index is 527. The van der Waals surface area contributed by atoms with E-state index in [1.807, 2.05) is 38.1 Å². The van der Waals surface area contributed by atoms with E-state index in [0.717, 1.165) is 5.75 Å². The molecule has 0 heterocycles. The molecule has 0 radical (unpaired) electrons. The highest BCUT2D eigenvalue weighted by molar-refractivity contribution is 5.77. The van der Waals surface area contributed by atoms with Crippen molar-refractivity contribution in [1.82, 2.24) is 4.90 Å². The summed E-state index contributed by atoms with van der Waals surface area (Å²) in [6.07, 6.45) is 0.644. The molecule has 0 bridgehead atoms. The number of carbonyl (C=O) groups excluding carboxylic acids is 2. The van der Waals surface area contributed by atoms with Crippen LogP contribution in [0.3, 0.4) is 0 Å². The van der Waals surface area contributed by atoms with Gasteiger partial charge in [0.2, 0.25) is 5.91 Å². The van der Waals surface area contributed by atoms with E-state index in [-0.39, 0.29) is 24.2 Å². The molecule has 0 atom stereocenters. The van der Waals surface area contributed by atoms with Gasteiger partial charge in [-0.05, 0) is 37.1 Å². The topological polar surface area (TPSA) is 65.1 Å². The average Bonchev–Trinajstić information content (AvgIpc) is 2.58. The number of nitrogens with zero attached hydrogens (tertiary/aromatic N) is 1. The van der Waals surface area contributed by atoms with Crippen LogP contribution in [0.4, 0.5) is 0 Å². The van der Waals surface area contributed by atoms with Crippen molar-refractivity contribution in [1.29, 1.82) is 0 Å². The molecule has 1 rings (SSSR count). The lowest BCUT2D eigenvalue weighted by Gasteiger charge is -2.23. The molecule has 0 fully saturated rings. The fourth-order valence-corrected chi connectivity index (χ4v) is 2.24. The van der Waals surface area contributed by atoms with E-state index in [1.165, 1.54) is 0 Å². The Hall–Kier alpha value is -2.24. The Morgan fingerprint density at radius 3 is 2.28 bits per heavy atom. The number of hydrogen-bond acceptors (Lipinski definition) is 5. The summed E-state index contributed by atoms with van der Waals surface area (Å²) >= 11 is 0. The van der Waals surface area contributed by atoms with Gasteiger partial charge in [0, 0.05) is 13.0 Å². The molecule has 0 saturated heterocycles. The second kappa shape index (κ2) is 11.3. The molecule has 25 heavy (non-hydrogen) atoms. The van der Waals surface area contributed by atoms with E-state index >= 15 is 0 Å². The Kier molecular flexibility index (Phi) is 9.43. The number of ether oxygens (including phenoxy) is 3. The van der Waals surface area contributed by atoms with Crippen LogP contribution < -0.4 is 9.47 Å². The summed E-state index contributed by atoms with van der Waals surface area (Å²) in [4.78, 5) is 25.6. The number of esters is 1. The molecule has 1 aromatic rings. The maximum Gasteiger partial charge on any atom is 0.307 e. The Morgan fingerprint density at radius 2 is 1.72 bits per heavy atom. The quantitative estimate of drug-likeness (QED) is 0.574. The van der Waals surface area contributed by atoms with Crippen molar-refractivity contribution >= 4 is 11.9 Å². The second-order valence-corrected chi connectivity index (χ2v) is 6.06. The lowest BCUT2D eigenvalue weighted by atomic mass is 10.1. The Balaban J connectivity index is 2.52. The number of rotatable bonds is 11. The zero-order valence-electron chi connectivity index (χ0n) is 15.6. The summed E-state index contributed by atoms with van der Waals surface area (Å²) in [5, 5.41) is 0. The Morgan fingerprint density at radius 1 is 1.08 bits per heavy atom. The van der Waals surface area contributed by atoms with E-state index in [4.69, 9.17) is 14.2 Å². The van der Waals surface area contributed by atoms with E-state index in [1.54, 1.807) is 18.9 Å². The van der Waals surface area contributed by atoms with E-state index in [9.17, 15) is 9.59 Å². The normalized spacial score (nSPS) is 10.4. The molecule has 0 saturated carbocycles. The summed E-state index contributed by atoms with van der Waals surface area (Å²) in [5.74, 6) is 1.47. The molecule has 6 heteroatoms. The molecular weight excluding hydrogens is 322 g/mol. The van der Waals surface area contributed by atoms with Crippen molar-refractivity contribution < 1.29 is 23.8 Å². The average molecular weight is 351 g/mol. The number of benzene rings is 1. The van der Waals surface area contributed by atoms with Gasteiger partial charge in [0.1, 0.15) is 18.1 Å².